The van der Waals surface area contributed by atoms with Crippen LogP contribution < -0.4 is 5.32 Å². The molecular formula is C20H19BrN2OS. The molecule has 0 aliphatic carbocycles. The standard InChI is InChI=1S/C20H19BrN2OS/c1-12-8-13(2)19(14(3)9-12)17-11-25-20(22-17)23-18(24)10-15-4-6-16(21)7-5-15/h4-9,11H,10H2,1-3H3,(H,22,23,24). The first-order valence-electron chi connectivity index (χ1n) is 8.00. The van der Waals surface area contributed by atoms with Crippen LogP contribution in [-0.4, -0.2) is 10.9 Å². The smallest absolute Gasteiger partial charge is 0.230 e. The van der Waals surface area contributed by atoms with Gasteiger partial charge in [0.15, 0.2) is 5.13 Å². The zero-order valence-electron chi connectivity index (χ0n) is 14.4. The maximum atomic E-state index is 12.2. The molecule has 128 valence electrons. The van der Waals surface area contributed by atoms with Crippen LogP contribution in [0.15, 0.2) is 46.3 Å². The highest BCUT2D eigenvalue weighted by Gasteiger charge is 2.12. The predicted molar refractivity (Wildman–Crippen MR) is 108 cm³/mol. The van der Waals surface area contributed by atoms with Gasteiger partial charge in [-0.15, -0.1) is 11.3 Å². The highest BCUT2D eigenvalue weighted by Crippen LogP contribution is 2.31. The Morgan fingerprint density at radius 3 is 2.40 bits per heavy atom. The molecule has 3 rings (SSSR count). The number of rotatable bonds is 4. The van der Waals surface area contributed by atoms with Crippen molar-refractivity contribution >= 4 is 38.3 Å². The van der Waals surface area contributed by atoms with Crippen molar-refractivity contribution in [3.63, 3.8) is 0 Å². The number of nitrogens with zero attached hydrogens (tertiary/aromatic N) is 1. The fourth-order valence-electron chi connectivity index (χ4n) is 2.98. The third kappa shape index (κ3) is 4.35. The van der Waals surface area contributed by atoms with Gasteiger partial charge in [0.2, 0.25) is 5.91 Å². The summed E-state index contributed by atoms with van der Waals surface area (Å²) >= 11 is 4.85. The molecule has 0 atom stereocenters. The lowest BCUT2D eigenvalue weighted by atomic mass is 9.98. The maximum Gasteiger partial charge on any atom is 0.230 e. The first kappa shape index (κ1) is 17.8. The quantitative estimate of drug-likeness (QED) is 0.596. The van der Waals surface area contributed by atoms with Crippen LogP contribution in [-0.2, 0) is 11.2 Å². The van der Waals surface area contributed by atoms with Crippen molar-refractivity contribution in [2.24, 2.45) is 0 Å². The lowest BCUT2D eigenvalue weighted by Crippen LogP contribution is -2.14. The maximum absolute atomic E-state index is 12.2. The van der Waals surface area contributed by atoms with Crippen LogP contribution in [0.3, 0.4) is 0 Å². The zero-order valence-corrected chi connectivity index (χ0v) is 16.8. The van der Waals surface area contributed by atoms with Crippen molar-refractivity contribution in [2.75, 3.05) is 5.32 Å². The largest absolute Gasteiger partial charge is 0.302 e. The molecule has 3 nitrogen and oxygen atoms in total. The normalized spacial score (nSPS) is 10.7. The minimum absolute atomic E-state index is 0.0550. The van der Waals surface area contributed by atoms with Gasteiger partial charge in [0.05, 0.1) is 12.1 Å². The third-order valence-electron chi connectivity index (χ3n) is 3.96. The number of hydrogen-bond donors (Lipinski definition) is 1. The number of carbonyl (C=O) groups excluding carboxylic acids is 1. The summed E-state index contributed by atoms with van der Waals surface area (Å²) in [6.07, 6.45) is 0.338. The summed E-state index contributed by atoms with van der Waals surface area (Å²) in [5, 5.41) is 5.54. The summed E-state index contributed by atoms with van der Waals surface area (Å²) in [6, 6.07) is 12.1. The summed E-state index contributed by atoms with van der Waals surface area (Å²) in [5.41, 5.74) is 6.69. The second-order valence-corrected chi connectivity index (χ2v) is 7.94. The highest BCUT2D eigenvalue weighted by atomic mass is 79.9. The summed E-state index contributed by atoms with van der Waals surface area (Å²) in [7, 11) is 0. The van der Waals surface area contributed by atoms with E-state index in [4.69, 9.17) is 0 Å². The van der Waals surface area contributed by atoms with E-state index in [0.29, 0.717) is 11.6 Å². The Balaban J connectivity index is 1.74. The lowest BCUT2D eigenvalue weighted by molar-refractivity contribution is -0.115. The molecule has 0 unspecified atom stereocenters. The first-order valence-corrected chi connectivity index (χ1v) is 9.67. The molecule has 0 fully saturated rings. The highest BCUT2D eigenvalue weighted by molar-refractivity contribution is 9.10. The SMILES string of the molecule is Cc1cc(C)c(-c2csc(NC(=O)Cc3ccc(Br)cc3)n2)c(C)c1. The Labute approximate surface area is 160 Å². The molecular weight excluding hydrogens is 396 g/mol. The number of thiazole rings is 1. The van der Waals surface area contributed by atoms with Crippen LogP contribution in [0.25, 0.3) is 11.3 Å². The van der Waals surface area contributed by atoms with Crippen LogP contribution in [0, 0.1) is 20.8 Å². The van der Waals surface area contributed by atoms with Crippen molar-refractivity contribution in [3.05, 3.63) is 68.5 Å². The molecule has 2 aromatic carbocycles. The van der Waals surface area contributed by atoms with E-state index < -0.39 is 0 Å². The second-order valence-electron chi connectivity index (χ2n) is 6.16. The molecule has 1 amide bonds. The number of amides is 1. The van der Waals surface area contributed by atoms with E-state index in [1.54, 1.807) is 0 Å². The van der Waals surface area contributed by atoms with Crippen LogP contribution in [0.1, 0.15) is 22.3 Å². The van der Waals surface area contributed by atoms with Crippen molar-refractivity contribution in [2.45, 2.75) is 27.2 Å². The number of aryl methyl sites for hydroxylation is 3. The first-order chi connectivity index (χ1) is 11.9. The molecule has 1 N–H and O–H groups in total. The van der Waals surface area contributed by atoms with Gasteiger partial charge in [-0.1, -0.05) is 45.8 Å². The van der Waals surface area contributed by atoms with Crippen molar-refractivity contribution in [3.8, 4) is 11.3 Å². The molecule has 0 saturated carbocycles. The predicted octanol–water partition coefficient (Wildman–Crippen LogP) is 5.68. The number of benzene rings is 2. The van der Waals surface area contributed by atoms with E-state index >= 15 is 0 Å². The molecule has 25 heavy (non-hydrogen) atoms. The number of halogens is 1. The molecule has 0 aliphatic rings. The number of nitrogens with one attached hydrogen (secondary N) is 1. The van der Waals surface area contributed by atoms with Gasteiger partial charge in [0.1, 0.15) is 0 Å². The molecule has 0 aliphatic heterocycles. The van der Waals surface area contributed by atoms with Crippen LogP contribution in [0.2, 0.25) is 0 Å². The average Bonchev–Trinajstić information content (AvgIpc) is 2.96. The van der Waals surface area contributed by atoms with Gasteiger partial charge in [0, 0.05) is 15.4 Å². The molecule has 0 spiro atoms. The van der Waals surface area contributed by atoms with Crippen molar-refractivity contribution in [1.29, 1.82) is 0 Å². The molecule has 1 heterocycles. The lowest BCUT2D eigenvalue weighted by Gasteiger charge is -2.08. The summed E-state index contributed by atoms with van der Waals surface area (Å²) in [4.78, 5) is 16.8. The number of carbonyl (C=O) groups is 1. The van der Waals surface area contributed by atoms with Gasteiger partial charge in [0.25, 0.3) is 0 Å². The average molecular weight is 415 g/mol. The van der Waals surface area contributed by atoms with Gasteiger partial charge in [-0.05, 0) is 49.6 Å². The molecule has 0 radical (unpaired) electrons. The Bertz CT molecular complexity index is 893. The Kier molecular flexibility index (Phi) is 5.35. The minimum Gasteiger partial charge on any atom is -0.302 e. The summed E-state index contributed by atoms with van der Waals surface area (Å²) in [6.45, 7) is 6.29. The van der Waals surface area contributed by atoms with Gasteiger partial charge in [-0.2, -0.15) is 0 Å². The summed E-state index contributed by atoms with van der Waals surface area (Å²) < 4.78 is 1.00. The van der Waals surface area contributed by atoms with Gasteiger partial charge >= 0.3 is 0 Å². The Morgan fingerprint density at radius 1 is 1.12 bits per heavy atom. The van der Waals surface area contributed by atoms with E-state index in [1.165, 1.54) is 28.0 Å². The van der Waals surface area contributed by atoms with Crippen molar-refractivity contribution in [1.82, 2.24) is 4.98 Å². The Hall–Kier alpha value is -1.98. The molecule has 0 saturated heterocycles. The fraction of sp³-hybridized carbons (Fsp3) is 0.200. The Morgan fingerprint density at radius 2 is 1.76 bits per heavy atom. The third-order valence-corrected chi connectivity index (χ3v) is 5.25. The van der Waals surface area contributed by atoms with E-state index in [1.807, 2.05) is 29.6 Å². The number of anilines is 1. The van der Waals surface area contributed by atoms with Crippen LogP contribution in [0.5, 0.6) is 0 Å². The molecule has 0 bridgehead atoms. The number of hydrogen-bond acceptors (Lipinski definition) is 3. The molecule has 3 aromatic rings. The van der Waals surface area contributed by atoms with E-state index in [2.05, 4.69) is 59.1 Å². The monoisotopic (exact) mass is 414 g/mol. The fourth-order valence-corrected chi connectivity index (χ4v) is 3.96. The summed E-state index contributed by atoms with van der Waals surface area (Å²) in [5.74, 6) is -0.0550. The second kappa shape index (κ2) is 7.50. The molecule has 5 heteroatoms. The van der Waals surface area contributed by atoms with Gasteiger partial charge in [-0.3, -0.25) is 4.79 Å². The van der Waals surface area contributed by atoms with Gasteiger partial charge < -0.3 is 5.32 Å². The van der Waals surface area contributed by atoms with Crippen LogP contribution >= 0.6 is 27.3 Å². The van der Waals surface area contributed by atoms with Gasteiger partial charge in [-0.25, -0.2) is 4.98 Å². The number of aromatic nitrogens is 1. The molecule has 1 aromatic heterocycles. The minimum atomic E-state index is -0.0550. The van der Waals surface area contributed by atoms with E-state index in [9.17, 15) is 4.79 Å². The zero-order chi connectivity index (χ0) is 18.0. The van der Waals surface area contributed by atoms with E-state index in [-0.39, 0.29) is 5.91 Å². The topological polar surface area (TPSA) is 42.0 Å². The van der Waals surface area contributed by atoms with Crippen molar-refractivity contribution < 1.29 is 4.79 Å². The van der Waals surface area contributed by atoms with E-state index in [0.717, 1.165) is 21.3 Å². The van der Waals surface area contributed by atoms with Crippen LogP contribution in [0.4, 0.5) is 5.13 Å².